The number of rotatable bonds is 9. The molecule has 1 aliphatic rings. The molecule has 1 saturated carbocycles. The fourth-order valence-electron chi connectivity index (χ4n) is 3.75. The molecule has 12 heteroatoms. The first-order valence-electron chi connectivity index (χ1n) is 10.9. The first kappa shape index (κ1) is 22.7. The molecule has 0 saturated heterocycles. The van der Waals surface area contributed by atoms with Crippen molar-refractivity contribution in [3.05, 3.63) is 82.4 Å². The molecular formula is C23H21ClFN9O. The van der Waals surface area contributed by atoms with E-state index in [0.717, 1.165) is 17.6 Å². The Morgan fingerprint density at radius 3 is 2.83 bits per heavy atom. The highest BCUT2D eigenvalue weighted by Crippen LogP contribution is 2.39. The molecule has 0 unspecified atom stereocenters. The van der Waals surface area contributed by atoms with Gasteiger partial charge in [0.05, 0.1) is 28.5 Å². The second kappa shape index (κ2) is 9.63. The van der Waals surface area contributed by atoms with Crippen molar-refractivity contribution in [3.8, 4) is 5.69 Å². The third kappa shape index (κ3) is 4.90. The summed E-state index contributed by atoms with van der Waals surface area (Å²) in [6.45, 7) is 0.193. The molecule has 3 aromatic heterocycles. The van der Waals surface area contributed by atoms with Gasteiger partial charge in [-0.25, -0.2) is 14.1 Å². The summed E-state index contributed by atoms with van der Waals surface area (Å²) >= 11 is 5.92. The van der Waals surface area contributed by atoms with Crippen LogP contribution in [0.4, 0.5) is 4.39 Å². The van der Waals surface area contributed by atoms with E-state index in [4.69, 9.17) is 17.0 Å². The van der Waals surface area contributed by atoms with Gasteiger partial charge >= 0.3 is 0 Å². The number of fused-ring (bicyclic) bond motifs is 1. The van der Waals surface area contributed by atoms with Crippen molar-refractivity contribution < 1.29 is 9.18 Å². The normalized spacial score (nSPS) is 13.7. The lowest BCUT2D eigenvalue weighted by atomic mass is 10.1. The van der Waals surface area contributed by atoms with Crippen molar-refractivity contribution in [2.45, 2.75) is 31.8 Å². The molecule has 0 radical (unpaired) electrons. The summed E-state index contributed by atoms with van der Waals surface area (Å²) in [5.74, 6) is -0.585. The molecular weight excluding hydrogens is 473 g/mol. The second-order valence-corrected chi connectivity index (χ2v) is 8.56. The van der Waals surface area contributed by atoms with Gasteiger partial charge in [0, 0.05) is 36.9 Å². The fourth-order valence-corrected chi connectivity index (χ4v) is 3.93. The summed E-state index contributed by atoms with van der Waals surface area (Å²) in [6, 6.07) is 7.06. The highest BCUT2D eigenvalue weighted by atomic mass is 35.5. The van der Waals surface area contributed by atoms with E-state index in [2.05, 4.69) is 43.4 Å². The Balaban J connectivity index is 1.24. The van der Waals surface area contributed by atoms with Crippen LogP contribution in [0.2, 0.25) is 5.02 Å². The van der Waals surface area contributed by atoms with Crippen LogP contribution in [0.15, 0.2) is 54.8 Å². The predicted molar refractivity (Wildman–Crippen MR) is 127 cm³/mol. The predicted octanol–water partition coefficient (Wildman–Crippen LogP) is 2.92. The van der Waals surface area contributed by atoms with Crippen LogP contribution < -0.4 is 10.6 Å². The lowest BCUT2D eigenvalue weighted by molar-refractivity contribution is -0.117. The number of imidazole rings is 1. The Bertz CT molecular complexity index is 1430. The molecule has 0 aliphatic heterocycles. The number of nitrogens with one attached hydrogen (secondary N) is 3. The molecule has 10 nitrogen and oxygen atoms in total. The monoisotopic (exact) mass is 493 g/mol. The number of hydrogen-bond acceptors (Lipinski definition) is 7. The zero-order valence-corrected chi connectivity index (χ0v) is 19.2. The smallest absolute Gasteiger partial charge is 0.254 e. The minimum absolute atomic E-state index is 0.0659. The van der Waals surface area contributed by atoms with Crippen molar-refractivity contribution in [2.24, 2.45) is 0 Å². The number of halogens is 2. The van der Waals surface area contributed by atoms with Crippen molar-refractivity contribution in [1.82, 2.24) is 40.2 Å². The third-order valence-corrected chi connectivity index (χ3v) is 6.02. The van der Waals surface area contributed by atoms with Gasteiger partial charge in [-0.3, -0.25) is 4.79 Å². The third-order valence-electron chi connectivity index (χ3n) is 5.72. The first-order chi connectivity index (χ1) is 17.0. The molecule has 35 heavy (non-hydrogen) atoms. The van der Waals surface area contributed by atoms with Crippen LogP contribution in [-0.2, 0) is 17.9 Å². The number of amides is 1. The van der Waals surface area contributed by atoms with E-state index in [-0.39, 0.29) is 22.7 Å². The maximum Gasteiger partial charge on any atom is 0.254 e. The van der Waals surface area contributed by atoms with E-state index in [0.29, 0.717) is 18.2 Å². The van der Waals surface area contributed by atoms with Gasteiger partial charge in [0.15, 0.2) is 0 Å². The van der Waals surface area contributed by atoms with Gasteiger partial charge < -0.3 is 20.4 Å². The zero-order valence-electron chi connectivity index (χ0n) is 18.4. The maximum absolute atomic E-state index is 14.7. The van der Waals surface area contributed by atoms with Crippen LogP contribution in [0.25, 0.3) is 11.3 Å². The molecule has 0 spiro atoms. The second-order valence-electron chi connectivity index (χ2n) is 8.16. The molecule has 3 heterocycles. The lowest BCUT2D eigenvalue weighted by Gasteiger charge is -2.12. The summed E-state index contributed by atoms with van der Waals surface area (Å²) in [5.41, 5.74) is 3.49. The standard InChI is InChI=1S/C23H21ClFN9O/c24-19-4-5-20(34-13-29-31-32-34)18(22(19)25)10-28-23(35)16(7-26)8-27-9-17-12-33-11-15(14-1-2-14)3-6-21(33)30-17/h3-8,11-14,26-27H,1-2,9-10H2,(H,28,35)/b16-8+,26-7?. The minimum atomic E-state index is -0.685. The number of carbonyl (C=O) groups excluding carboxylic acids is 1. The number of benzene rings is 1. The van der Waals surface area contributed by atoms with E-state index >= 15 is 0 Å². The molecule has 3 N–H and O–H groups in total. The fraction of sp³-hybridized carbons (Fsp3) is 0.217. The quantitative estimate of drug-likeness (QED) is 0.243. The van der Waals surface area contributed by atoms with Crippen LogP contribution in [0, 0.1) is 11.2 Å². The van der Waals surface area contributed by atoms with E-state index in [1.54, 1.807) is 6.07 Å². The molecule has 178 valence electrons. The van der Waals surface area contributed by atoms with Gasteiger partial charge in [-0.05, 0) is 52.9 Å². The van der Waals surface area contributed by atoms with E-state index in [1.807, 2.05) is 16.7 Å². The molecule has 1 aromatic carbocycles. The summed E-state index contributed by atoms with van der Waals surface area (Å²) in [7, 11) is 0. The van der Waals surface area contributed by atoms with Crippen molar-refractivity contribution in [3.63, 3.8) is 0 Å². The van der Waals surface area contributed by atoms with Crippen LogP contribution in [0.5, 0.6) is 0 Å². The van der Waals surface area contributed by atoms with Gasteiger partial charge in [-0.1, -0.05) is 17.7 Å². The number of aromatic nitrogens is 6. The molecule has 1 fully saturated rings. The summed E-state index contributed by atoms with van der Waals surface area (Å²) in [4.78, 5) is 17.2. The SMILES string of the molecule is N=C/C(=C\NCc1cn2cc(C3CC3)ccc2n1)C(=O)NCc1c(-n2cnnn2)ccc(Cl)c1F. The Labute approximate surface area is 204 Å². The average molecular weight is 494 g/mol. The van der Waals surface area contributed by atoms with Crippen LogP contribution in [0.3, 0.4) is 0 Å². The molecule has 5 rings (SSSR count). The molecule has 1 amide bonds. The van der Waals surface area contributed by atoms with Crippen molar-refractivity contribution >= 4 is 29.4 Å². The van der Waals surface area contributed by atoms with E-state index in [1.165, 1.54) is 41.7 Å². The number of tetrazole rings is 1. The summed E-state index contributed by atoms with van der Waals surface area (Å²) < 4.78 is 18.0. The highest BCUT2D eigenvalue weighted by Gasteiger charge is 2.23. The lowest BCUT2D eigenvalue weighted by Crippen LogP contribution is -2.27. The first-order valence-corrected chi connectivity index (χ1v) is 11.3. The van der Waals surface area contributed by atoms with Crippen LogP contribution in [0.1, 0.15) is 35.6 Å². The molecule has 4 aromatic rings. The van der Waals surface area contributed by atoms with E-state index in [9.17, 15) is 9.18 Å². The highest BCUT2D eigenvalue weighted by molar-refractivity contribution is 6.30. The van der Waals surface area contributed by atoms with E-state index < -0.39 is 11.7 Å². The van der Waals surface area contributed by atoms with Gasteiger partial charge in [0.25, 0.3) is 5.91 Å². The Morgan fingerprint density at radius 2 is 2.09 bits per heavy atom. The molecule has 1 aliphatic carbocycles. The maximum atomic E-state index is 14.7. The molecule has 0 bridgehead atoms. The molecule has 0 atom stereocenters. The summed E-state index contributed by atoms with van der Waals surface area (Å²) in [5, 5.41) is 24.0. The topological polar surface area (TPSA) is 126 Å². The minimum Gasteiger partial charge on any atom is -0.384 e. The zero-order chi connectivity index (χ0) is 24.4. The Kier molecular flexibility index (Phi) is 6.23. The van der Waals surface area contributed by atoms with Gasteiger partial charge in [0.2, 0.25) is 0 Å². The number of carbonyl (C=O) groups is 1. The number of hydrogen-bond donors (Lipinski definition) is 3. The Morgan fingerprint density at radius 1 is 1.23 bits per heavy atom. The average Bonchev–Trinajstić information content (AvgIpc) is 3.41. The van der Waals surface area contributed by atoms with Crippen LogP contribution in [-0.4, -0.2) is 41.7 Å². The van der Waals surface area contributed by atoms with Gasteiger partial charge in [-0.2, -0.15) is 0 Å². The van der Waals surface area contributed by atoms with Gasteiger partial charge in [-0.15, -0.1) is 5.10 Å². The summed E-state index contributed by atoms with van der Waals surface area (Å²) in [6.07, 6.45) is 10.2. The number of pyridine rings is 1. The van der Waals surface area contributed by atoms with Gasteiger partial charge in [0.1, 0.15) is 17.8 Å². The van der Waals surface area contributed by atoms with Crippen molar-refractivity contribution in [2.75, 3.05) is 0 Å². The Hall–Kier alpha value is -4.12. The van der Waals surface area contributed by atoms with Crippen molar-refractivity contribution in [1.29, 1.82) is 5.41 Å². The largest absolute Gasteiger partial charge is 0.384 e. The van der Waals surface area contributed by atoms with Crippen LogP contribution >= 0.6 is 11.6 Å². The number of nitrogens with zero attached hydrogens (tertiary/aromatic N) is 6.